The Bertz CT molecular complexity index is 1280. The Kier molecular flexibility index (Phi) is 4.60. The van der Waals surface area contributed by atoms with E-state index in [0.29, 0.717) is 64.7 Å². The van der Waals surface area contributed by atoms with Crippen LogP contribution in [-0.4, -0.2) is 30.5 Å². The van der Waals surface area contributed by atoms with Gasteiger partial charge in [-0.15, -0.1) is 0 Å². The number of aryl methyl sites for hydroxylation is 1. The van der Waals surface area contributed by atoms with Crippen LogP contribution in [0.3, 0.4) is 0 Å². The summed E-state index contributed by atoms with van der Waals surface area (Å²) in [6.07, 6.45) is 5.55. The van der Waals surface area contributed by atoms with E-state index in [0.717, 1.165) is 25.7 Å². The van der Waals surface area contributed by atoms with Crippen LogP contribution < -0.4 is 19.5 Å². The van der Waals surface area contributed by atoms with Gasteiger partial charge in [0.1, 0.15) is 30.1 Å². The summed E-state index contributed by atoms with van der Waals surface area (Å²) in [7, 11) is 0. The molecule has 1 amide bonds. The lowest BCUT2D eigenvalue weighted by molar-refractivity contribution is 0.0139. The molecule has 33 heavy (non-hydrogen) atoms. The van der Waals surface area contributed by atoms with Crippen molar-refractivity contribution in [3.63, 3.8) is 0 Å². The molecule has 1 N–H and O–H groups in total. The van der Waals surface area contributed by atoms with Gasteiger partial charge in [0.25, 0.3) is 5.91 Å². The SMILES string of the molecule is Cc1c(C(=O)Nc2ccc3c(c2)OCCO3)oc2ccc3c(c12)C(=O)CC1(CCCCC1)O3. The number of hydrogen-bond donors (Lipinski definition) is 1. The summed E-state index contributed by atoms with van der Waals surface area (Å²) in [6, 6.07) is 8.84. The lowest BCUT2D eigenvalue weighted by Gasteiger charge is -2.40. The van der Waals surface area contributed by atoms with Crippen molar-refractivity contribution >= 4 is 28.3 Å². The average molecular weight is 447 g/mol. The molecule has 1 saturated carbocycles. The third-order valence-electron chi connectivity index (χ3n) is 6.92. The lowest BCUT2D eigenvalue weighted by atomic mass is 9.78. The van der Waals surface area contributed by atoms with E-state index in [9.17, 15) is 9.59 Å². The van der Waals surface area contributed by atoms with Gasteiger partial charge in [-0.05, 0) is 56.9 Å². The Labute approximate surface area is 191 Å². The van der Waals surface area contributed by atoms with E-state index in [1.54, 1.807) is 30.3 Å². The second-order valence-corrected chi connectivity index (χ2v) is 9.13. The minimum Gasteiger partial charge on any atom is -0.486 e. The Hall–Kier alpha value is -3.48. The normalized spacial score (nSPS) is 18.6. The molecule has 2 aromatic carbocycles. The molecule has 2 aliphatic heterocycles. The molecule has 7 heteroatoms. The Morgan fingerprint density at radius 2 is 1.73 bits per heavy atom. The number of Topliss-reactive ketones (excluding diaryl/α,β-unsaturated/α-hetero) is 1. The van der Waals surface area contributed by atoms with Crippen molar-refractivity contribution < 1.29 is 28.2 Å². The first-order valence-electron chi connectivity index (χ1n) is 11.5. The van der Waals surface area contributed by atoms with Gasteiger partial charge in [-0.25, -0.2) is 0 Å². The zero-order valence-corrected chi connectivity index (χ0v) is 18.5. The molecule has 0 unspecified atom stereocenters. The van der Waals surface area contributed by atoms with Crippen LogP contribution in [0, 0.1) is 6.92 Å². The second kappa shape index (κ2) is 7.54. The van der Waals surface area contributed by atoms with Gasteiger partial charge < -0.3 is 23.9 Å². The fourth-order valence-electron chi connectivity index (χ4n) is 5.33. The number of carbonyl (C=O) groups excluding carboxylic acids is 2. The summed E-state index contributed by atoms with van der Waals surface area (Å²) in [5, 5.41) is 3.53. The number of anilines is 1. The molecule has 1 aliphatic carbocycles. The highest BCUT2D eigenvalue weighted by Crippen LogP contribution is 2.45. The Morgan fingerprint density at radius 1 is 0.970 bits per heavy atom. The van der Waals surface area contributed by atoms with E-state index in [1.807, 2.05) is 6.92 Å². The highest BCUT2D eigenvalue weighted by molar-refractivity contribution is 6.14. The molecule has 0 radical (unpaired) electrons. The van der Waals surface area contributed by atoms with Crippen LogP contribution in [-0.2, 0) is 0 Å². The van der Waals surface area contributed by atoms with Crippen LogP contribution in [0.25, 0.3) is 11.0 Å². The smallest absolute Gasteiger partial charge is 0.291 e. The van der Waals surface area contributed by atoms with Crippen LogP contribution in [0.2, 0.25) is 0 Å². The number of nitrogens with one attached hydrogen (secondary N) is 1. The van der Waals surface area contributed by atoms with E-state index in [1.165, 1.54) is 6.42 Å². The molecule has 0 atom stereocenters. The summed E-state index contributed by atoms with van der Waals surface area (Å²) in [5.74, 6) is 1.70. The summed E-state index contributed by atoms with van der Waals surface area (Å²) >= 11 is 0. The van der Waals surface area contributed by atoms with E-state index < -0.39 is 0 Å². The van der Waals surface area contributed by atoms with Crippen molar-refractivity contribution in [1.82, 2.24) is 0 Å². The largest absolute Gasteiger partial charge is 0.486 e. The third kappa shape index (κ3) is 3.34. The molecule has 1 fully saturated rings. The van der Waals surface area contributed by atoms with Crippen LogP contribution >= 0.6 is 0 Å². The number of rotatable bonds is 2. The number of carbonyl (C=O) groups is 2. The quantitative estimate of drug-likeness (QED) is 0.563. The number of ketones is 1. The van der Waals surface area contributed by atoms with Crippen LogP contribution in [0.15, 0.2) is 34.7 Å². The molecule has 3 heterocycles. The maximum Gasteiger partial charge on any atom is 0.291 e. The summed E-state index contributed by atoms with van der Waals surface area (Å²) in [5.41, 5.74) is 1.86. The number of amides is 1. The monoisotopic (exact) mass is 447 g/mol. The van der Waals surface area contributed by atoms with Gasteiger partial charge in [-0.2, -0.15) is 0 Å². The fourth-order valence-corrected chi connectivity index (χ4v) is 5.33. The number of furan rings is 1. The van der Waals surface area contributed by atoms with Gasteiger partial charge in [-0.3, -0.25) is 9.59 Å². The molecule has 0 bridgehead atoms. The number of hydrogen-bond acceptors (Lipinski definition) is 6. The zero-order valence-electron chi connectivity index (χ0n) is 18.5. The highest BCUT2D eigenvalue weighted by atomic mass is 16.6. The van der Waals surface area contributed by atoms with Gasteiger partial charge in [0.2, 0.25) is 0 Å². The van der Waals surface area contributed by atoms with Gasteiger partial charge in [0, 0.05) is 22.7 Å². The van der Waals surface area contributed by atoms with Gasteiger partial charge in [0.05, 0.1) is 12.0 Å². The number of ether oxygens (including phenoxy) is 3. The van der Waals surface area contributed by atoms with Crippen molar-refractivity contribution in [3.8, 4) is 17.2 Å². The Balaban J connectivity index is 1.33. The molecule has 6 rings (SSSR count). The van der Waals surface area contributed by atoms with Crippen molar-refractivity contribution in [2.45, 2.75) is 51.0 Å². The average Bonchev–Trinajstić information content (AvgIpc) is 3.16. The van der Waals surface area contributed by atoms with Gasteiger partial charge >= 0.3 is 0 Å². The van der Waals surface area contributed by atoms with Crippen molar-refractivity contribution in [2.24, 2.45) is 0 Å². The first-order chi connectivity index (χ1) is 16.0. The maximum atomic E-state index is 13.3. The minimum atomic E-state index is -0.387. The predicted molar refractivity (Wildman–Crippen MR) is 122 cm³/mol. The van der Waals surface area contributed by atoms with E-state index in [4.69, 9.17) is 18.6 Å². The summed E-state index contributed by atoms with van der Waals surface area (Å²) < 4.78 is 23.5. The first-order valence-corrected chi connectivity index (χ1v) is 11.5. The molecule has 7 nitrogen and oxygen atoms in total. The number of fused-ring (bicyclic) bond motifs is 4. The van der Waals surface area contributed by atoms with Gasteiger partial charge in [0.15, 0.2) is 23.0 Å². The summed E-state index contributed by atoms with van der Waals surface area (Å²) in [6.45, 7) is 2.78. The van der Waals surface area contributed by atoms with E-state index in [2.05, 4.69) is 5.32 Å². The predicted octanol–water partition coefficient (Wildman–Crippen LogP) is 5.43. The molecule has 0 saturated heterocycles. The molecule has 3 aliphatic rings. The molecule has 170 valence electrons. The van der Waals surface area contributed by atoms with Crippen molar-refractivity contribution in [3.05, 3.63) is 47.2 Å². The van der Waals surface area contributed by atoms with Crippen molar-refractivity contribution in [1.29, 1.82) is 0 Å². The maximum absolute atomic E-state index is 13.3. The lowest BCUT2D eigenvalue weighted by Crippen LogP contribution is -2.43. The Morgan fingerprint density at radius 3 is 2.55 bits per heavy atom. The molecular formula is C26H25NO6. The molecule has 1 spiro atoms. The van der Waals surface area contributed by atoms with Crippen molar-refractivity contribution in [2.75, 3.05) is 18.5 Å². The molecule has 3 aromatic rings. The van der Waals surface area contributed by atoms with Gasteiger partial charge in [-0.1, -0.05) is 6.42 Å². The first kappa shape index (κ1) is 20.1. The van der Waals surface area contributed by atoms with E-state index >= 15 is 0 Å². The second-order valence-electron chi connectivity index (χ2n) is 9.13. The standard InChI is InChI=1S/C26H25NO6/c1-15-22-19(7-8-20-23(22)17(28)14-26(33-20)9-3-2-4-10-26)32-24(15)25(29)27-16-5-6-18-21(13-16)31-12-11-30-18/h5-8,13H,2-4,9-12,14H2,1H3,(H,27,29). The minimum absolute atomic E-state index is 0.0615. The zero-order chi connectivity index (χ0) is 22.6. The van der Waals surface area contributed by atoms with Crippen LogP contribution in [0.4, 0.5) is 5.69 Å². The van der Waals surface area contributed by atoms with Crippen LogP contribution in [0.5, 0.6) is 17.2 Å². The van der Waals surface area contributed by atoms with Crippen LogP contribution in [0.1, 0.15) is 65.0 Å². The highest BCUT2D eigenvalue weighted by Gasteiger charge is 2.42. The molecular weight excluding hydrogens is 422 g/mol. The third-order valence-corrected chi connectivity index (χ3v) is 6.92. The van der Waals surface area contributed by atoms with E-state index in [-0.39, 0.29) is 23.1 Å². The summed E-state index contributed by atoms with van der Waals surface area (Å²) in [4.78, 5) is 26.4. The fraction of sp³-hybridized carbons (Fsp3) is 0.385. The molecule has 1 aromatic heterocycles. The number of benzene rings is 2. The topological polar surface area (TPSA) is 87.0 Å².